The van der Waals surface area contributed by atoms with Crippen LogP contribution in [0.1, 0.15) is 32.4 Å². The Balaban J connectivity index is 2.77. The third-order valence-electron chi connectivity index (χ3n) is 2.80. The quantitative estimate of drug-likeness (QED) is 0.767. The lowest BCUT2D eigenvalue weighted by molar-refractivity contribution is 0.0524. The standard InChI is InChI=1S/C15H24N2O5/c1-15(2,3)22-14(19)17-8-10(16)9-6-11(20-4)13(18)12(7-9)21-5/h6-7,10,18H,8,16H2,1-5H3,(H,17,19). The number of hydrogen-bond donors (Lipinski definition) is 3. The van der Waals surface area contributed by atoms with Crippen molar-refractivity contribution in [3.63, 3.8) is 0 Å². The molecule has 1 amide bonds. The van der Waals surface area contributed by atoms with E-state index in [4.69, 9.17) is 19.9 Å². The highest BCUT2D eigenvalue weighted by Gasteiger charge is 2.19. The molecular formula is C15H24N2O5. The van der Waals surface area contributed by atoms with Crippen LogP contribution in [0.5, 0.6) is 17.2 Å². The van der Waals surface area contributed by atoms with Gasteiger partial charge in [0.05, 0.1) is 14.2 Å². The van der Waals surface area contributed by atoms with Gasteiger partial charge in [0.2, 0.25) is 5.75 Å². The number of ether oxygens (including phenoxy) is 3. The van der Waals surface area contributed by atoms with Gasteiger partial charge in [-0.15, -0.1) is 0 Å². The van der Waals surface area contributed by atoms with Gasteiger partial charge in [-0.25, -0.2) is 4.79 Å². The largest absolute Gasteiger partial charge is 0.502 e. The van der Waals surface area contributed by atoms with Gasteiger partial charge in [-0.05, 0) is 38.5 Å². The summed E-state index contributed by atoms with van der Waals surface area (Å²) >= 11 is 0. The molecule has 0 aromatic heterocycles. The lowest BCUT2D eigenvalue weighted by Crippen LogP contribution is -2.36. The SMILES string of the molecule is COc1cc(C(N)CNC(=O)OC(C)(C)C)cc(OC)c1O. The molecular weight excluding hydrogens is 288 g/mol. The van der Waals surface area contributed by atoms with Crippen LogP contribution in [0, 0.1) is 0 Å². The number of aromatic hydroxyl groups is 1. The van der Waals surface area contributed by atoms with Crippen LogP contribution in [0.15, 0.2) is 12.1 Å². The van der Waals surface area contributed by atoms with Crippen molar-refractivity contribution in [1.29, 1.82) is 0 Å². The highest BCUT2D eigenvalue weighted by Crippen LogP contribution is 2.38. The fourth-order valence-electron chi connectivity index (χ4n) is 1.75. The van der Waals surface area contributed by atoms with E-state index in [0.29, 0.717) is 5.56 Å². The minimum absolute atomic E-state index is 0.0962. The maximum Gasteiger partial charge on any atom is 0.407 e. The molecule has 1 rings (SSSR count). The summed E-state index contributed by atoms with van der Waals surface area (Å²) in [6.45, 7) is 5.51. The molecule has 0 saturated heterocycles. The summed E-state index contributed by atoms with van der Waals surface area (Å²) in [7, 11) is 2.87. The van der Waals surface area contributed by atoms with E-state index in [1.165, 1.54) is 14.2 Å². The average molecular weight is 312 g/mol. The molecule has 7 heteroatoms. The Labute approximate surface area is 130 Å². The molecule has 4 N–H and O–H groups in total. The number of alkyl carbamates (subject to hydrolysis) is 1. The molecule has 0 bridgehead atoms. The first-order valence-corrected chi connectivity index (χ1v) is 6.85. The first-order valence-electron chi connectivity index (χ1n) is 6.85. The van der Waals surface area contributed by atoms with Crippen molar-refractivity contribution in [2.75, 3.05) is 20.8 Å². The van der Waals surface area contributed by atoms with Crippen LogP contribution >= 0.6 is 0 Å². The van der Waals surface area contributed by atoms with Crippen LogP contribution in [-0.4, -0.2) is 37.6 Å². The number of amides is 1. The molecule has 7 nitrogen and oxygen atoms in total. The Morgan fingerprint density at radius 3 is 2.18 bits per heavy atom. The monoisotopic (exact) mass is 312 g/mol. The second-order valence-corrected chi connectivity index (χ2v) is 5.76. The molecule has 1 atom stereocenters. The van der Waals surface area contributed by atoms with Crippen LogP contribution < -0.4 is 20.5 Å². The molecule has 0 heterocycles. The van der Waals surface area contributed by atoms with Crippen molar-refractivity contribution in [3.05, 3.63) is 17.7 Å². The smallest absolute Gasteiger partial charge is 0.407 e. The normalized spacial score (nSPS) is 12.5. The molecule has 0 aliphatic rings. The lowest BCUT2D eigenvalue weighted by Gasteiger charge is -2.21. The van der Waals surface area contributed by atoms with Gasteiger partial charge < -0.3 is 30.4 Å². The van der Waals surface area contributed by atoms with Gasteiger partial charge in [0, 0.05) is 12.6 Å². The summed E-state index contributed by atoms with van der Waals surface area (Å²) in [6, 6.07) is 2.69. The zero-order valence-electron chi connectivity index (χ0n) is 13.6. The average Bonchev–Trinajstić information content (AvgIpc) is 2.43. The number of hydrogen-bond acceptors (Lipinski definition) is 6. The van der Waals surface area contributed by atoms with E-state index in [0.717, 1.165) is 0 Å². The number of carbonyl (C=O) groups excluding carboxylic acids is 1. The van der Waals surface area contributed by atoms with Gasteiger partial charge in [-0.1, -0.05) is 0 Å². The Bertz CT molecular complexity index is 500. The predicted molar refractivity (Wildman–Crippen MR) is 82.4 cm³/mol. The van der Waals surface area contributed by atoms with Crippen molar-refractivity contribution in [1.82, 2.24) is 5.32 Å². The Morgan fingerprint density at radius 1 is 1.27 bits per heavy atom. The van der Waals surface area contributed by atoms with Crippen molar-refractivity contribution in [2.45, 2.75) is 32.4 Å². The zero-order valence-corrected chi connectivity index (χ0v) is 13.6. The van der Waals surface area contributed by atoms with Crippen LogP contribution in [0.2, 0.25) is 0 Å². The van der Waals surface area contributed by atoms with Gasteiger partial charge in [0.25, 0.3) is 0 Å². The first kappa shape index (κ1) is 17.9. The molecule has 22 heavy (non-hydrogen) atoms. The van der Waals surface area contributed by atoms with E-state index in [-0.39, 0.29) is 23.8 Å². The number of phenolic OH excluding ortho intramolecular Hbond substituents is 1. The first-order chi connectivity index (χ1) is 10.2. The summed E-state index contributed by atoms with van der Waals surface area (Å²) < 4.78 is 15.3. The molecule has 0 spiro atoms. The minimum Gasteiger partial charge on any atom is -0.502 e. The molecule has 0 aliphatic heterocycles. The van der Waals surface area contributed by atoms with Crippen LogP contribution in [0.3, 0.4) is 0 Å². The van der Waals surface area contributed by atoms with Crippen molar-refractivity contribution >= 4 is 6.09 Å². The number of nitrogens with two attached hydrogens (primary N) is 1. The van der Waals surface area contributed by atoms with Gasteiger partial charge in [0.1, 0.15) is 5.60 Å². The van der Waals surface area contributed by atoms with Crippen LogP contribution in [-0.2, 0) is 4.74 Å². The number of rotatable bonds is 5. The number of nitrogens with one attached hydrogen (secondary N) is 1. The maximum atomic E-state index is 11.6. The fraction of sp³-hybridized carbons (Fsp3) is 0.533. The van der Waals surface area contributed by atoms with Gasteiger partial charge in [-0.3, -0.25) is 0 Å². The van der Waals surface area contributed by atoms with Crippen molar-refractivity contribution in [2.24, 2.45) is 5.73 Å². The molecule has 0 saturated carbocycles. The van der Waals surface area contributed by atoms with E-state index in [2.05, 4.69) is 5.32 Å². The third kappa shape index (κ3) is 5.00. The summed E-state index contributed by atoms with van der Waals surface area (Å²) in [5.41, 5.74) is 6.13. The van der Waals surface area contributed by atoms with E-state index in [1.807, 2.05) is 0 Å². The predicted octanol–water partition coefficient (Wildman–Crippen LogP) is 1.93. The van der Waals surface area contributed by atoms with Gasteiger partial charge in [-0.2, -0.15) is 0 Å². The topological polar surface area (TPSA) is 103 Å². The second kappa shape index (κ2) is 7.22. The number of carbonyl (C=O) groups is 1. The van der Waals surface area contributed by atoms with E-state index < -0.39 is 17.7 Å². The highest BCUT2D eigenvalue weighted by molar-refractivity contribution is 5.67. The minimum atomic E-state index is -0.570. The second-order valence-electron chi connectivity index (χ2n) is 5.76. The van der Waals surface area contributed by atoms with E-state index in [9.17, 15) is 9.90 Å². The molecule has 1 aromatic carbocycles. The summed E-state index contributed by atoms with van der Waals surface area (Å²) in [4.78, 5) is 11.6. The summed E-state index contributed by atoms with van der Waals surface area (Å²) in [6.07, 6.45) is -0.541. The highest BCUT2D eigenvalue weighted by atomic mass is 16.6. The Kier molecular flexibility index (Phi) is 5.87. The van der Waals surface area contributed by atoms with Gasteiger partial charge in [0.15, 0.2) is 11.5 Å². The van der Waals surface area contributed by atoms with Crippen LogP contribution in [0.4, 0.5) is 4.79 Å². The van der Waals surface area contributed by atoms with E-state index in [1.54, 1.807) is 32.9 Å². The van der Waals surface area contributed by atoms with Gasteiger partial charge >= 0.3 is 6.09 Å². The fourth-order valence-corrected chi connectivity index (χ4v) is 1.75. The Morgan fingerprint density at radius 2 is 1.77 bits per heavy atom. The van der Waals surface area contributed by atoms with Crippen LogP contribution in [0.25, 0.3) is 0 Å². The Hall–Kier alpha value is -2.15. The third-order valence-corrected chi connectivity index (χ3v) is 2.80. The summed E-state index contributed by atoms with van der Waals surface area (Å²) in [5.74, 6) is 0.408. The molecule has 1 aromatic rings. The molecule has 1 unspecified atom stereocenters. The van der Waals surface area contributed by atoms with Crippen molar-refractivity contribution < 1.29 is 24.1 Å². The zero-order chi connectivity index (χ0) is 16.9. The maximum absolute atomic E-state index is 11.6. The number of methoxy groups -OCH3 is 2. The molecule has 0 fully saturated rings. The number of benzene rings is 1. The summed E-state index contributed by atoms with van der Waals surface area (Å²) in [5, 5.41) is 12.5. The molecule has 0 radical (unpaired) electrons. The molecule has 124 valence electrons. The lowest BCUT2D eigenvalue weighted by atomic mass is 10.1. The number of phenols is 1. The van der Waals surface area contributed by atoms with E-state index >= 15 is 0 Å². The molecule has 0 aliphatic carbocycles. The van der Waals surface area contributed by atoms with Crippen molar-refractivity contribution in [3.8, 4) is 17.2 Å².